The third-order valence-corrected chi connectivity index (χ3v) is 8.67. The molecule has 1 heterocycles. The fraction of sp³-hybridized carbons (Fsp3) is 0.696. The van der Waals surface area contributed by atoms with Crippen LogP contribution in [0.15, 0.2) is 42.0 Å². The van der Waals surface area contributed by atoms with E-state index in [1.165, 1.54) is 51.4 Å². The lowest BCUT2D eigenvalue weighted by Gasteiger charge is -2.57. The molecule has 0 amide bonds. The molecule has 5 rings (SSSR count). The van der Waals surface area contributed by atoms with Gasteiger partial charge in [-0.3, -0.25) is 0 Å². The van der Waals surface area contributed by atoms with Gasteiger partial charge in [0.1, 0.15) is 0 Å². The van der Waals surface area contributed by atoms with Crippen LogP contribution < -0.4 is 0 Å². The molecule has 0 unspecified atom stereocenters. The molecule has 134 valence electrons. The van der Waals surface area contributed by atoms with Crippen molar-refractivity contribution in [3.8, 4) is 0 Å². The number of allylic oxidation sites excluding steroid dienone is 4. The van der Waals surface area contributed by atoms with Gasteiger partial charge >= 0.3 is 0 Å². The lowest BCUT2D eigenvalue weighted by atomic mass is 9.47. The lowest BCUT2D eigenvalue weighted by molar-refractivity contribution is -0.0179. The van der Waals surface area contributed by atoms with Gasteiger partial charge in [0.15, 0.2) is 0 Å². The van der Waals surface area contributed by atoms with Crippen LogP contribution >= 0.6 is 0 Å². The molecule has 2 saturated carbocycles. The first-order valence-electron chi connectivity index (χ1n) is 10.5. The summed E-state index contributed by atoms with van der Waals surface area (Å²) >= 11 is 0. The molecule has 1 aromatic rings. The highest BCUT2D eigenvalue weighted by molar-refractivity contribution is 5.29. The predicted molar refractivity (Wildman–Crippen MR) is 102 cm³/mol. The summed E-state index contributed by atoms with van der Waals surface area (Å²) in [5.41, 5.74) is 4.45. The number of hydrogen-bond acceptors (Lipinski definition) is 1. The van der Waals surface area contributed by atoms with E-state index in [4.69, 9.17) is 0 Å². The van der Waals surface area contributed by atoms with E-state index >= 15 is 0 Å². The van der Waals surface area contributed by atoms with Crippen LogP contribution in [0.4, 0.5) is 0 Å². The van der Waals surface area contributed by atoms with Crippen molar-refractivity contribution >= 4 is 0 Å². The molecule has 0 saturated heterocycles. The minimum atomic E-state index is 0.418. The van der Waals surface area contributed by atoms with Gasteiger partial charge in [0.2, 0.25) is 0 Å². The van der Waals surface area contributed by atoms with Crippen LogP contribution in [-0.4, -0.2) is 9.55 Å². The van der Waals surface area contributed by atoms with E-state index in [1.807, 2.05) is 18.1 Å². The molecule has 0 aliphatic heterocycles. The van der Waals surface area contributed by atoms with Gasteiger partial charge in [-0.1, -0.05) is 38.0 Å². The number of rotatable bonds is 2. The fourth-order valence-electron chi connectivity index (χ4n) is 7.18. The monoisotopic (exact) mass is 336 g/mol. The Balaban J connectivity index is 1.43. The third kappa shape index (κ3) is 2.25. The van der Waals surface area contributed by atoms with Crippen molar-refractivity contribution in [1.29, 1.82) is 0 Å². The van der Waals surface area contributed by atoms with Crippen molar-refractivity contribution in [3.05, 3.63) is 42.0 Å². The lowest BCUT2D eigenvalue weighted by Crippen LogP contribution is -2.49. The maximum atomic E-state index is 4.24. The zero-order chi connectivity index (χ0) is 17.1. The molecule has 0 bridgehead atoms. The van der Waals surface area contributed by atoms with Gasteiger partial charge in [0.05, 0.1) is 6.33 Å². The molecule has 0 radical (unpaired) electrons. The highest BCUT2D eigenvalue weighted by atomic mass is 15.0. The first kappa shape index (κ1) is 15.9. The zero-order valence-corrected chi connectivity index (χ0v) is 15.9. The van der Waals surface area contributed by atoms with E-state index in [-0.39, 0.29) is 0 Å². The third-order valence-electron chi connectivity index (χ3n) is 8.67. The topological polar surface area (TPSA) is 17.8 Å². The Hall–Kier alpha value is -1.31. The van der Waals surface area contributed by atoms with Crippen molar-refractivity contribution in [3.63, 3.8) is 0 Å². The number of imidazole rings is 1. The van der Waals surface area contributed by atoms with Gasteiger partial charge in [-0.2, -0.15) is 0 Å². The Labute approximate surface area is 152 Å². The molecule has 0 N–H and O–H groups in total. The first-order valence-corrected chi connectivity index (χ1v) is 10.5. The Kier molecular flexibility index (Phi) is 3.56. The maximum absolute atomic E-state index is 4.24. The second-order valence-electron chi connectivity index (χ2n) is 9.62. The van der Waals surface area contributed by atoms with Crippen molar-refractivity contribution in [2.45, 2.75) is 71.8 Å². The summed E-state index contributed by atoms with van der Waals surface area (Å²) in [5, 5.41) is 0. The molecule has 0 spiro atoms. The molecular weight excluding hydrogens is 304 g/mol. The van der Waals surface area contributed by atoms with E-state index < -0.39 is 0 Å². The summed E-state index contributed by atoms with van der Waals surface area (Å²) < 4.78 is 2.26. The molecule has 2 fully saturated rings. The summed E-state index contributed by atoms with van der Waals surface area (Å²) in [6.45, 7) is 6.24. The minimum absolute atomic E-state index is 0.418. The van der Waals surface area contributed by atoms with E-state index in [2.05, 4.69) is 41.7 Å². The fourth-order valence-corrected chi connectivity index (χ4v) is 7.18. The van der Waals surface area contributed by atoms with Crippen LogP contribution in [0.1, 0.15) is 65.2 Å². The smallest absolute Gasteiger partial charge is 0.0948 e. The average Bonchev–Trinajstić information content (AvgIpc) is 3.23. The van der Waals surface area contributed by atoms with Crippen molar-refractivity contribution in [1.82, 2.24) is 9.55 Å². The number of hydrogen-bond donors (Lipinski definition) is 0. The summed E-state index contributed by atoms with van der Waals surface area (Å²) in [7, 11) is 0. The number of fused-ring (bicyclic) bond motifs is 5. The van der Waals surface area contributed by atoms with Crippen molar-refractivity contribution < 1.29 is 0 Å². The molecule has 25 heavy (non-hydrogen) atoms. The zero-order valence-electron chi connectivity index (χ0n) is 15.9. The SMILES string of the molecule is C[C@]12CCCCC1=CC[C@@H]1[C@@H]2CC[C@]2(C)C(Cn3ccnc3)=CC[C@@H]12. The Morgan fingerprint density at radius 3 is 2.84 bits per heavy atom. The second kappa shape index (κ2) is 5.59. The molecule has 4 aliphatic carbocycles. The van der Waals surface area contributed by atoms with Crippen LogP contribution in [-0.2, 0) is 6.54 Å². The summed E-state index contributed by atoms with van der Waals surface area (Å²) in [4.78, 5) is 4.24. The molecular formula is C23H32N2. The minimum Gasteiger partial charge on any atom is -0.333 e. The highest BCUT2D eigenvalue weighted by Crippen LogP contribution is 2.65. The summed E-state index contributed by atoms with van der Waals surface area (Å²) in [5.74, 6) is 2.70. The molecule has 2 nitrogen and oxygen atoms in total. The molecule has 2 heteroatoms. The van der Waals surface area contributed by atoms with E-state index in [0.717, 1.165) is 24.3 Å². The van der Waals surface area contributed by atoms with Gasteiger partial charge in [0, 0.05) is 18.9 Å². The van der Waals surface area contributed by atoms with Crippen LogP contribution in [0.5, 0.6) is 0 Å². The Bertz CT molecular complexity index is 712. The van der Waals surface area contributed by atoms with Gasteiger partial charge in [-0.05, 0) is 79.1 Å². The van der Waals surface area contributed by atoms with Gasteiger partial charge in [-0.15, -0.1) is 0 Å². The van der Waals surface area contributed by atoms with Gasteiger partial charge in [-0.25, -0.2) is 4.98 Å². The Morgan fingerprint density at radius 1 is 1.08 bits per heavy atom. The van der Waals surface area contributed by atoms with E-state index in [0.29, 0.717) is 10.8 Å². The van der Waals surface area contributed by atoms with Gasteiger partial charge in [0.25, 0.3) is 0 Å². The molecule has 0 aromatic carbocycles. The summed E-state index contributed by atoms with van der Waals surface area (Å²) in [6.07, 6.45) is 22.4. The quantitative estimate of drug-likeness (QED) is 0.627. The maximum Gasteiger partial charge on any atom is 0.0948 e. The molecule has 1 aromatic heterocycles. The standard InChI is InChI=1S/C23H32N2/c1-22-11-4-3-5-17(22)6-8-19-20-9-7-18(15-25-14-13-24-16-25)23(20,2)12-10-21(19)22/h6-7,13-14,16,19-21H,3-5,8-12,15H2,1-2H3/t19-,20-,21-,22-,23+/m0/s1. The average molecular weight is 337 g/mol. The first-order chi connectivity index (χ1) is 12.1. The van der Waals surface area contributed by atoms with E-state index in [1.54, 1.807) is 5.57 Å². The van der Waals surface area contributed by atoms with Crippen LogP contribution in [0.2, 0.25) is 0 Å². The van der Waals surface area contributed by atoms with Crippen LogP contribution in [0.25, 0.3) is 0 Å². The largest absolute Gasteiger partial charge is 0.333 e. The second-order valence-corrected chi connectivity index (χ2v) is 9.62. The van der Waals surface area contributed by atoms with Crippen molar-refractivity contribution in [2.24, 2.45) is 28.6 Å². The highest BCUT2D eigenvalue weighted by Gasteiger charge is 2.55. The number of aromatic nitrogens is 2. The number of nitrogens with zero attached hydrogens (tertiary/aromatic N) is 2. The predicted octanol–water partition coefficient (Wildman–Crippen LogP) is 5.77. The van der Waals surface area contributed by atoms with Crippen molar-refractivity contribution in [2.75, 3.05) is 0 Å². The molecule has 4 aliphatic rings. The molecule has 5 atom stereocenters. The summed E-state index contributed by atoms with van der Waals surface area (Å²) in [6, 6.07) is 0. The normalized spacial score (nSPS) is 42.9. The van der Waals surface area contributed by atoms with Crippen LogP contribution in [0.3, 0.4) is 0 Å². The van der Waals surface area contributed by atoms with Crippen LogP contribution in [0, 0.1) is 28.6 Å². The Morgan fingerprint density at radius 2 is 2.00 bits per heavy atom. The van der Waals surface area contributed by atoms with Gasteiger partial charge < -0.3 is 4.57 Å². The van der Waals surface area contributed by atoms with E-state index in [9.17, 15) is 0 Å².